The summed E-state index contributed by atoms with van der Waals surface area (Å²) in [7, 11) is -1.97. The van der Waals surface area contributed by atoms with Gasteiger partial charge in [0.15, 0.2) is 0 Å². The van der Waals surface area contributed by atoms with Gasteiger partial charge >= 0.3 is 6.18 Å². The van der Waals surface area contributed by atoms with E-state index >= 15 is 0 Å². The van der Waals surface area contributed by atoms with Crippen LogP contribution >= 0.6 is 11.6 Å². The molecule has 0 heterocycles. The number of nitrogens with two attached hydrogens (primary N) is 1. The normalized spacial score (nSPS) is 16.0. The third-order valence-electron chi connectivity index (χ3n) is 2.97. The first-order valence-electron chi connectivity index (χ1n) is 5.63. The predicted molar refractivity (Wildman–Crippen MR) is 71.2 cm³/mol. The lowest BCUT2D eigenvalue weighted by Gasteiger charge is -2.29. The number of alkyl halides is 3. The molecule has 8 heteroatoms. The highest BCUT2D eigenvalue weighted by Gasteiger charge is 2.46. The van der Waals surface area contributed by atoms with E-state index in [0.717, 1.165) is 12.1 Å². The fourth-order valence-electron chi connectivity index (χ4n) is 1.76. The van der Waals surface area contributed by atoms with Gasteiger partial charge in [-0.1, -0.05) is 11.6 Å². The van der Waals surface area contributed by atoms with E-state index in [1.165, 1.54) is 19.9 Å². The molecule has 0 aliphatic heterocycles. The van der Waals surface area contributed by atoms with Crippen LogP contribution in [0.3, 0.4) is 0 Å². The lowest BCUT2D eigenvalue weighted by Crippen LogP contribution is -2.37. The molecular formula is C12H14ClF4NOS. The highest BCUT2D eigenvalue weighted by molar-refractivity contribution is 7.84. The minimum atomic E-state index is -4.69. The molecule has 0 aliphatic rings. The highest BCUT2D eigenvalue weighted by atomic mass is 35.5. The number of benzene rings is 1. The number of hydrogen-bond acceptors (Lipinski definition) is 1. The van der Waals surface area contributed by atoms with Crippen molar-refractivity contribution in [3.05, 3.63) is 34.6 Å². The second-order valence-electron chi connectivity index (χ2n) is 5.02. The van der Waals surface area contributed by atoms with Crippen molar-refractivity contribution < 1.29 is 21.8 Å². The second kappa shape index (κ2) is 5.99. The van der Waals surface area contributed by atoms with Crippen molar-refractivity contribution in [3.8, 4) is 0 Å². The van der Waals surface area contributed by atoms with Crippen LogP contribution < -0.4 is 5.14 Å². The van der Waals surface area contributed by atoms with E-state index in [4.69, 9.17) is 16.7 Å². The zero-order chi connectivity index (χ0) is 15.7. The Hall–Kier alpha value is -0.660. The summed E-state index contributed by atoms with van der Waals surface area (Å²) in [6.45, 7) is 2.68. The van der Waals surface area contributed by atoms with Gasteiger partial charge in [-0.3, -0.25) is 5.14 Å². The first kappa shape index (κ1) is 17.4. The van der Waals surface area contributed by atoms with Crippen molar-refractivity contribution in [1.29, 1.82) is 0 Å². The molecule has 0 saturated heterocycles. The van der Waals surface area contributed by atoms with Gasteiger partial charge in [0.1, 0.15) is 5.82 Å². The SMILES string of the molecule is CC(C)(C[C@H](c1cc(Cl)ccc1F)C(F)(F)F)S(N)=O. The highest BCUT2D eigenvalue weighted by Crippen LogP contribution is 2.42. The maximum atomic E-state index is 13.7. The summed E-state index contributed by atoms with van der Waals surface area (Å²) in [6.07, 6.45) is -5.29. The van der Waals surface area contributed by atoms with Crippen molar-refractivity contribution in [1.82, 2.24) is 0 Å². The molecule has 1 aromatic rings. The average Bonchev–Trinajstić information content (AvgIpc) is 2.28. The molecule has 0 saturated carbocycles. The molecule has 2 atom stereocenters. The summed E-state index contributed by atoms with van der Waals surface area (Å²) in [4.78, 5) is 0. The molecule has 0 aromatic heterocycles. The van der Waals surface area contributed by atoms with Crippen molar-refractivity contribution in [2.45, 2.75) is 37.1 Å². The van der Waals surface area contributed by atoms with Crippen molar-refractivity contribution in [2.24, 2.45) is 5.14 Å². The molecule has 0 amide bonds. The van der Waals surface area contributed by atoms with Crippen molar-refractivity contribution in [2.75, 3.05) is 0 Å². The van der Waals surface area contributed by atoms with Crippen molar-refractivity contribution >= 4 is 22.6 Å². The van der Waals surface area contributed by atoms with Gasteiger partial charge in [-0.2, -0.15) is 13.2 Å². The van der Waals surface area contributed by atoms with E-state index in [9.17, 15) is 21.8 Å². The molecule has 1 aromatic carbocycles. The van der Waals surface area contributed by atoms with E-state index in [1.54, 1.807) is 0 Å². The molecule has 0 spiro atoms. The predicted octanol–water partition coefficient (Wildman–Crippen LogP) is 3.92. The molecule has 0 bridgehead atoms. The Morgan fingerprint density at radius 2 is 1.90 bits per heavy atom. The summed E-state index contributed by atoms with van der Waals surface area (Å²) in [6, 6.07) is 2.98. The summed E-state index contributed by atoms with van der Waals surface area (Å²) in [5, 5.41) is 5.20. The summed E-state index contributed by atoms with van der Waals surface area (Å²) in [5.41, 5.74) is -0.566. The largest absolute Gasteiger partial charge is 0.395 e. The Balaban J connectivity index is 3.28. The van der Waals surface area contributed by atoms with Crippen LogP contribution in [0.1, 0.15) is 31.7 Å². The van der Waals surface area contributed by atoms with Crippen LogP contribution in [0, 0.1) is 5.82 Å². The average molecular weight is 332 g/mol. The molecule has 0 fully saturated rings. The molecule has 1 rings (SSSR count). The summed E-state index contributed by atoms with van der Waals surface area (Å²) in [5.74, 6) is -3.13. The van der Waals surface area contributed by atoms with Gasteiger partial charge in [0.05, 0.1) is 21.7 Å². The first-order chi connectivity index (χ1) is 8.95. The Morgan fingerprint density at radius 1 is 1.35 bits per heavy atom. The van der Waals surface area contributed by atoms with Crippen LogP contribution in [0.15, 0.2) is 18.2 Å². The Bertz CT molecular complexity index is 519. The van der Waals surface area contributed by atoms with E-state index in [1.807, 2.05) is 0 Å². The van der Waals surface area contributed by atoms with E-state index in [2.05, 4.69) is 0 Å². The smallest absolute Gasteiger partial charge is 0.251 e. The van der Waals surface area contributed by atoms with E-state index in [-0.39, 0.29) is 5.02 Å². The van der Waals surface area contributed by atoms with Gasteiger partial charge in [0.2, 0.25) is 0 Å². The maximum Gasteiger partial charge on any atom is 0.395 e. The zero-order valence-electron chi connectivity index (χ0n) is 10.8. The molecular weight excluding hydrogens is 318 g/mol. The molecule has 0 aliphatic carbocycles. The van der Waals surface area contributed by atoms with E-state index < -0.39 is 45.6 Å². The third kappa shape index (κ3) is 4.17. The molecule has 2 N–H and O–H groups in total. The zero-order valence-corrected chi connectivity index (χ0v) is 12.4. The summed E-state index contributed by atoms with van der Waals surface area (Å²) < 4.78 is 63.1. The molecule has 114 valence electrons. The molecule has 2 nitrogen and oxygen atoms in total. The van der Waals surface area contributed by atoms with Crippen LogP contribution in [0.5, 0.6) is 0 Å². The summed E-state index contributed by atoms with van der Waals surface area (Å²) >= 11 is 5.63. The van der Waals surface area contributed by atoms with E-state index in [0.29, 0.717) is 0 Å². The Kier molecular flexibility index (Phi) is 5.21. The van der Waals surface area contributed by atoms with Crippen molar-refractivity contribution in [3.63, 3.8) is 0 Å². The van der Waals surface area contributed by atoms with Gasteiger partial charge in [0, 0.05) is 10.6 Å². The van der Waals surface area contributed by atoms with Crippen LogP contribution in [0.25, 0.3) is 0 Å². The fraction of sp³-hybridized carbons (Fsp3) is 0.500. The van der Waals surface area contributed by atoms with Gasteiger partial charge in [-0.15, -0.1) is 0 Å². The molecule has 1 unspecified atom stereocenters. The van der Waals surface area contributed by atoms with Crippen LogP contribution in [0.4, 0.5) is 17.6 Å². The van der Waals surface area contributed by atoms with Gasteiger partial charge in [-0.25, -0.2) is 8.60 Å². The number of halogens is 5. The second-order valence-corrected chi connectivity index (χ2v) is 7.16. The standard InChI is InChI=1S/C12H14ClF4NOS/c1-11(2,20(18)19)6-9(12(15,16)17)8-5-7(13)3-4-10(8)14/h3-5,9H,6,18H2,1-2H3/t9-,20?/m1/s1. The van der Waals surface area contributed by atoms with Crippen LogP contribution in [-0.2, 0) is 11.0 Å². The Morgan fingerprint density at radius 3 is 2.35 bits per heavy atom. The maximum absolute atomic E-state index is 13.7. The monoisotopic (exact) mass is 331 g/mol. The van der Waals surface area contributed by atoms with Crippen LogP contribution in [-0.4, -0.2) is 15.1 Å². The number of hydrogen-bond donors (Lipinski definition) is 1. The van der Waals surface area contributed by atoms with Gasteiger partial charge < -0.3 is 0 Å². The lowest BCUT2D eigenvalue weighted by atomic mass is 9.89. The molecule has 0 radical (unpaired) electrons. The van der Waals surface area contributed by atoms with Crippen LogP contribution in [0.2, 0.25) is 5.02 Å². The van der Waals surface area contributed by atoms with Gasteiger partial charge in [0.25, 0.3) is 0 Å². The third-order valence-corrected chi connectivity index (χ3v) is 4.46. The first-order valence-corrected chi connectivity index (χ1v) is 7.22. The van der Waals surface area contributed by atoms with Gasteiger partial charge in [-0.05, 0) is 38.5 Å². The Labute approximate surface area is 121 Å². The number of rotatable bonds is 4. The minimum Gasteiger partial charge on any atom is -0.251 e. The topological polar surface area (TPSA) is 43.1 Å². The lowest BCUT2D eigenvalue weighted by molar-refractivity contribution is -0.153. The molecule has 20 heavy (non-hydrogen) atoms. The minimum absolute atomic E-state index is 0.00215. The quantitative estimate of drug-likeness (QED) is 0.835. The fourth-order valence-corrected chi connectivity index (χ4v) is 2.27.